The summed E-state index contributed by atoms with van der Waals surface area (Å²) in [6.07, 6.45) is 0.362. The number of ether oxygens (including phenoxy) is 1. The highest BCUT2D eigenvalue weighted by Gasteiger charge is 2.23. The van der Waals surface area contributed by atoms with Crippen LogP contribution in [0.4, 0.5) is 0 Å². The standard InChI is InChI=1S/C12H19NO4S/c1-12(14,8-9-17-2)10-13-18(15,16)11-6-4-3-5-7-11/h3-7,13-14H,8-10H2,1-2H3. The molecule has 0 spiro atoms. The van der Waals surface area contributed by atoms with Gasteiger partial charge in [0.25, 0.3) is 0 Å². The van der Waals surface area contributed by atoms with E-state index in [0.717, 1.165) is 0 Å². The molecule has 0 aliphatic heterocycles. The lowest BCUT2D eigenvalue weighted by atomic mass is 10.0. The van der Waals surface area contributed by atoms with Crippen LogP contribution in [-0.2, 0) is 14.8 Å². The molecule has 18 heavy (non-hydrogen) atoms. The van der Waals surface area contributed by atoms with E-state index in [1.165, 1.54) is 19.2 Å². The van der Waals surface area contributed by atoms with Crippen LogP contribution in [0.25, 0.3) is 0 Å². The zero-order chi connectivity index (χ0) is 13.6. The lowest BCUT2D eigenvalue weighted by Gasteiger charge is -2.23. The van der Waals surface area contributed by atoms with Crippen molar-refractivity contribution in [3.63, 3.8) is 0 Å². The van der Waals surface area contributed by atoms with E-state index in [-0.39, 0.29) is 11.4 Å². The molecule has 0 aromatic heterocycles. The van der Waals surface area contributed by atoms with Crippen molar-refractivity contribution in [1.29, 1.82) is 0 Å². The second kappa shape index (κ2) is 6.29. The molecule has 0 radical (unpaired) electrons. The van der Waals surface area contributed by atoms with Crippen molar-refractivity contribution < 1.29 is 18.3 Å². The van der Waals surface area contributed by atoms with Gasteiger partial charge in [0.05, 0.1) is 10.5 Å². The molecule has 1 unspecified atom stereocenters. The van der Waals surface area contributed by atoms with Crippen LogP contribution in [0, 0.1) is 0 Å². The van der Waals surface area contributed by atoms with Crippen LogP contribution < -0.4 is 4.72 Å². The highest BCUT2D eigenvalue weighted by atomic mass is 32.2. The predicted molar refractivity (Wildman–Crippen MR) is 68.7 cm³/mol. The molecular weight excluding hydrogens is 254 g/mol. The Bertz CT molecular complexity index is 456. The Hall–Kier alpha value is -0.950. The maximum atomic E-state index is 11.9. The average Bonchev–Trinajstić information content (AvgIpc) is 2.36. The molecule has 0 amide bonds. The van der Waals surface area contributed by atoms with E-state index in [4.69, 9.17) is 4.74 Å². The molecule has 0 heterocycles. The number of aliphatic hydroxyl groups is 1. The van der Waals surface area contributed by atoms with Gasteiger partial charge in [-0.1, -0.05) is 18.2 Å². The molecule has 1 rings (SSSR count). The van der Waals surface area contributed by atoms with E-state index in [1.54, 1.807) is 25.1 Å². The van der Waals surface area contributed by atoms with E-state index in [0.29, 0.717) is 13.0 Å². The third-order valence-electron chi connectivity index (χ3n) is 2.54. The van der Waals surface area contributed by atoms with Gasteiger partial charge in [-0.25, -0.2) is 13.1 Å². The fourth-order valence-electron chi connectivity index (χ4n) is 1.34. The summed E-state index contributed by atoms with van der Waals surface area (Å²) >= 11 is 0. The Morgan fingerprint density at radius 3 is 2.50 bits per heavy atom. The highest BCUT2D eigenvalue weighted by Crippen LogP contribution is 2.11. The number of rotatable bonds is 7. The number of hydrogen-bond acceptors (Lipinski definition) is 4. The van der Waals surface area contributed by atoms with Crippen molar-refractivity contribution in [3.05, 3.63) is 30.3 Å². The Balaban J connectivity index is 2.63. The summed E-state index contributed by atoms with van der Waals surface area (Å²) in [6.45, 7) is 1.90. The molecule has 1 aromatic carbocycles. The number of sulfonamides is 1. The fraction of sp³-hybridized carbons (Fsp3) is 0.500. The van der Waals surface area contributed by atoms with Crippen molar-refractivity contribution >= 4 is 10.0 Å². The topological polar surface area (TPSA) is 75.6 Å². The zero-order valence-corrected chi connectivity index (χ0v) is 11.4. The quantitative estimate of drug-likeness (QED) is 0.769. The van der Waals surface area contributed by atoms with Gasteiger partial charge >= 0.3 is 0 Å². The van der Waals surface area contributed by atoms with Crippen LogP contribution in [0.3, 0.4) is 0 Å². The van der Waals surface area contributed by atoms with Crippen LogP contribution in [0.1, 0.15) is 13.3 Å². The van der Waals surface area contributed by atoms with Crippen molar-refractivity contribution in [2.24, 2.45) is 0 Å². The van der Waals surface area contributed by atoms with E-state index in [2.05, 4.69) is 4.72 Å². The molecule has 0 saturated heterocycles. The molecule has 1 aromatic rings. The lowest BCUT2D eigenvalue weighted by Crippen LogP contribution is -2.41. The third-order valence-corrected chi connectivity index (χ3v) is 3.96. The van der Waals surface area contributed by atoms with Gasteiger partial charge in [0.2, 0.25) is 10.0 Å². The predicted octanol–water partition coefficient (Wildman–Crippen LogP) is 0.752. The lowest BCUT2D eigenvalue weighted by molar-refractivity contribution is 0.0292. The summed E-state index contributed by atoms with van der Waals surface area (Å²) in [4.78, 5) is 0.188. The van der Waals surface area contributed by atoms with Gasteiger partial charge in [-0.2, -0.15) is 0 Å². The first kappa shape index (κ1) is 15.1. The van der Waals surface area contributed by atoms with E-state index in [1.807, 2.05) is 0 Å². The zero-order valence-electron chi connectivity index (χ0n) is 10.6. The minimum absolute atomic E-state index is 0.0480. The van der Waals surface area contributed by atoms with Gasteiger partial charge in [-0.15, -0.1) is 0 Å². The molecule has 1 atom stereocenters. The Kier molecular flexibility index (Phi) is 5.28. The molecule has 0 fully saturated rings. The van der Waals surface area contributed by atoms with Crippen LogP contribution >= 0.6 is 0 Å². The summed E-state index contributed by atoms with van der Waals surface area (Å²) in [7, 11) is -2.04. The number of methoxy groups -OCH3 is 1. The van der Waals surface area contributed by atoms with E-state index in [9.17, 15) is 13.5 Å². The van der Waals surface area contributed by atoms with Crippen molar-refractivity contribution in [2.75, 3.05) is 20.3 Å². The molecule has 0 aliphatic rings. The number of hydrogen-bond donors (Lipinski definition) is 2. The highest BCUT2D eigenvalue weighted by molar-refractivity contribution is 7.89. The largest absolute Gasteiger partial charge is 0.389 e. The maximum Gasteiger partial charge on any atom is 0.240 e. The van der Waals surface area contributed by atoms with Crippen LogP contribution in [0.2, 0.25) is 0 Å². The Morgan fingerprint density at radius 1 is 1.33 bits per heavy atom. The first-order chi connectivity index (χ1) is 8.37. The number of benzene rings is 1. The van der Waals surface area contributed by atoms with Crippen LogP contribution in [0.5, 0.6) is 0 Å². The van der Waals surface area contributed by atoms with Crippen LogP contribution in [0.15, 0.2) is 35.2 Å². The van der Waals surface area contributed by atoms with Gasteiger partial charge in [-0.3, -0.25) is 0 Å². The summed E-state index contributed by atoms with van der Waals surface area (Å²) < 4.78 is 31.0. The van der Waals surface area contributed by atoms with Crippen molar-refractivity contribution in [2.45, 2.75) is 23.8 Å². The third kappa shape index (κ3) is 4.73. The smallest absolute Gasteiger partial charge is 0.240 e. The summed E-state index contributed by atoms with van der Waals surface area (Å²) in [5.41, 5.74) is -1.13. The van der Waals surface area contributed by atoms with Gasteiger partial charge < -0.3 is 9.84 Å². The molecule has 2 N–H and O–H groups in total. The molecule has 0 bridgehead atoms. The molecule has 5 nitrogen and oxygen atoms in total. The first-order valence-electron chi connectivity index (χ1n) is 5.63. The Morgan fingerprint density at radius 2 is 1.94 bits per heavy atom. The van der Waals surface area contributed by atoms with Gasteiger partial charge in [0.15, 0.2) is 0 Å². The second-order valence-corrected chi connectivity index (χ2v) is 6.14. The van der Waals surface area contributed by atoms with Crippen molar-refractivity contribution in [1.82, 2.24) is 4.72 Å². The maximum absolute atomic E-state index is 11.9. The SMILES string of the molecule is COCCC(C)(O)CNS(=O)(=O)c1ccccc1. The molecule has 102 valence electrons. The Labute approximate surface area is 108 Å². The monoisotopic (exact) mass is 273 g/mol. The minimum atomic E-state index is -3.57. The van der Waals surface area contributed by atoms with Gasteiger partial charge in [0, 0.05) is 26.7 Å². The molecular formula is C12H19NO4S. The summed E-state index contributed by atoms with van der Waals surface area (Å²) in [6, 6.07) is 8.06. The second-order valence-electron chi connectivity index (χ2n) is 4.38. The van der Waals surface area contributed by atoms with E-state index < -0.39 is 15.6 Å². The normalized spacial score (nSPS) is 15.3. The molecule has 0 aliphatic carbocycles. The average molecular weight is 273 g/mol. The fourth-order valence-corrected chi connectivity index (χ4v) is 2.53. The van der Waals surface area contributed by atoms with Gasteiger partial charge in [-0.05, 0) is 19.1 Å². The number of nitrogens with one attached hydrogen (secondary N) is 1. The van der Waals surface area contributed by atoms with Crippen molar-refractivity contribution in [3.8, 4) is 0 Å². The van der Waals surface area contributed by atoms with Crippen LogP contribution in [-0.4, -0.2) is 39.4 Å². The summed E-state index contributed by atoms with van der Waals surface area (Å²) in [5.74, 6) is 0. The summed E-state index contributed by atoms with van der Waals surface area (Å²) in [5, 5.41) is 9.95. The molecule has 6 heteroatoms. The minimum Gasteiger partial charge on any atom is -0.389 e. The van der Waals surface area contributed by atoms with Gasteiger partial charge in [0.1, 0.15) is 0 Å². The first-order valence-corrected chi connectivity index (χ1v) is 7.12. The molecule has 0 saturated carbocycles. The van der Waals surface area contributed by atoms with E-state index >= 15 is 0 Å².